The molecule has 1 N–H and O–H groups in total. The molecule has 1 unspecified atom stereocenters. The molecule has 0 aliphatic heterocycles. The molecule has 1 amide bonds. The minimum Gasteiger partial charge on any atom is -0.324 e. The SMILES string of the molecule is CCN(CC)CC(C(=O)Nc1ccccc1-c1ccccc1)N(CC)CC. The molecule has 0 spiro atoms. The van der Waals surface area contributed by atoms with E-state index in [1.807, 2.05) is 36.4 Å². The largest absolute Gasteiger partial charge is 0.324 e. The van der Waals surface area contributed by atoms with Crippen molar-refractivity contribution in [3.05, 3.63) is 54.6 Å². The number of likely N-dealkylation sites (N-methyl/N-ethyl adjacent to an activating group) is 2. The lowest BCUT2D eigenvalue weighted by Crippen LogP contribution is -2.50. The first-order chi connectivity index (χ1) is 13.1. The Hall–Kier alpha value is -2.17. The van der Waals surface area contributed by atoms with Gasteiger partial charge in [-0.3, -0.25) is 9.69 Å². The summed E-state index contributed by atoms with van der Waals surface area (Å²) >= 11 is 0. The van der Waals surface area contributed by atoms with E-state index in [9.17, 15) is 4.79 Å². The van der Waals surface area contributed by atoms with E-state index >= 15 is 0 Å². The van der Waals surface area contributed by atoms with E-state index in [2.05, 4.69) is 61.0 Å². The summed E-state index contributed by atoms with van der Waals surface area (Å²) in [5.74, 6) is 0.0639. The van der Waals surface area contributed by atoms with Crippen molar-refractivity contribution in [2.75, 3.05) is 38.0 Å². The number of nitrogens with zero attached hydrogens (tertiary/aromatic N) is 2. The number of amides is 1. The number of para-hydroxylation sites is 1. The van der Waals surface area contributed by atoms with Crippen molar-refractivity contribution in [1.29, 1.82) is 0 Å². The van der Waals surface area contributed by atoms with E-state index in [-0.39, 0.29) is 11.9 Å². The number of carbonyl (C=O) groups is 1. The molecule has 2 rings (SSSR count). The van der Waals surface area contributed by atoms with Crippen molar-refractivity contribution in [2.24, 2.45) is 0 Å². The van der Waals surface area contributed by atoms with Crippen LogP contribution in [0.5, 0.6) is 0 Å². The van der Waals surface area contributed by atoms with E-state index in [0.717, 1.165) is 49.5 Å². The maximum Gasteiger partial charge on any atom is 0.243 e. The summed E-state index contributed by atoms with van der Waals surface area (Å²) in [4.78, 5) is 17.8. The van der Waals surface area contributed by atoms with E-state index in [1.165, 1.54) is 0 Å². The third-order valence-corrected chi connectivity index (χ3v) is 5.15. The summed E-state index contributed by atoms with van der Waals surface area (Å²) in [6.07, 6.45) is 0. The summed E-state index contributed by atoms with van der Waals surface area (Å²) < 4.78 is 0. The molecule has 27 heavy (non-hydrogen) atoms. The predicted octanol–water partition coefficient (Wildman–Crippen LogP) is 4.34. The molecule has 0 saturated heterocycles. The predicted molar refractivity (Wildman–Crippen MR) is 115 cm³/mol. The van der Waals surface area contributed by atoms with E-state index < -0.39 is 0 Å². The van der Waals surface area contributed by atoms with Crippen molar-refractivity contribution in [2.45, 2.75) is 33.7 Å². The van der Waals surface area contributed by atoms with Gasteiger partial charge in [-0.1, -0.05) is 76.2 Å². The molecule has 0 aromatic heterocycles. The molecule has 0 aliphatic carbocycles. The first kappa shape index (κ1) is 21.1. The Morgan fingerprint density at radius 1 is 0.852 bits per heavy atom. The highest BCUT2D eigenvalue weighted by atomic mass is 16.2. The van der Waals surface area contributed by atoms with Crippen molar-refractivity contribution >= 4 is 11.6 Å². The van der Waals surface area contributed by atoms with E-state index in [4.69, 9.17) is 0 Å². The highest BCUT2D eigenvalue weighted by molar-refractivity contribution is 5.98. The van der Waals surface area contributed by atoms with Gasteiger partial charge < -0.3 is 10.2 Å². The molecule has 146 valence electrons. The van der Waals surface area contributed by atoms with Crippen LogP contribution in [0.25, 0.3) is 11.1 Å². The lowest BCUT2D eigenvalue weighted by molar-refractivity contribution is -0.121. The van der Waals surface area contributed by atoms with E-state index in [1.54, 1.807) is 0 Å². The van der Waals surface area contributed by atoms with Crippen LogP contribution in [-0.4, -0.2) is 54.5 Å². The smallest absolute Gasteiger partial charge is 0.243 e. The van der Waals surface area contributed by atoms with Crippen molar-refractivity contribution in [3.63, 3.8) is 0 Å². The Kier molecular flexibility index (Phi) is 8.49. The third-order valence-electron chi connectivity index (χ3n) is 5.15. The van der Waals surface area contributed by atoms with Crippen LogP contribution >= 0.6 is 0 Å². The summed E-state index contributed by atoms with van der Waals surface area (Å²) in [6, 6.07) is 18.0. The second-order valence-electron chi connectivity index (χ2n) is 6.62. The molecule has 1 atom stereocenters. The lowest BCUT2D eigenvalue weighted by Gasteiger charge is -2.32. The standard InChI is InChI=1S/C23H33N3O/c1-5-25(6-2)18-22(26(7-3)8-4)23(27)24-21-17-13-12-16-20(21)19-14-10-9-11-15-19/h9-17,22H,5-8,18H2,1-4H3,(H,24,27). The summed E-state index contributed by atoms with van der Waals surface area (Å²) in [7, 11) is 0. The lowest BCUT2D eigenvalue weighted by atomic mass is 10.0. The molecule has 2 aromatic carbocycles. The average molecular weight is 368 g/mol. The molecule has 0 aliphatic rings. The normalized spacial score (nSPS) is 12.4. The molecular weight excluding hydrogens is 334 g/mol. The number of hydrogen-bond acceptors (Lipinski definition) is 3. The third kappa shape index (κ3) is 5.65. The van der Waals surface area contributed by atoms with Gasteiger partial charge in [0.1, 0.15) is 6.04 Å². The van der Waals surface area contributed by atoms with Crippen molar-refractivity contribution in [3.8, 4) is 11.1 Å². The highest BCUT2D eigenvalue weighted by Crippen LogP contribution is 2.27. The van der Waals surface area contributed by atoms with Crippen LogP contribution in [0, 0.1) is 0 Å². The zero-order valence-electron chi connectivity index (χ0n) is 17.1. The Morgan fingerprint density at radius 3 is 2.04 bits per heavy atom. The zero-order chi connectivity index (χ0) is 19.6. The molecule has 4 nitrogen and oxygen atoms in total. The van der Waals surface area contributed by atoms with Crippen LogP contribution in [0.15, 0.2) is 54.6 Å². The summed E-state index contributed by atoms with van der Waals surface area (Å²) in [5, 5.41) is 3.20. The molecule has 0 heterocycles. The number of hydrogen-bond donors (Lipinski definition) is 1. The van der Waals surface area contributed by atoms with Gasteiger partial charge in [0, 0.05) is 17.8 Å². The van der Waals surface area contributed by atoms with Crippen LogP contribution in [0.2, 0.25) is 0 Å². The summed E-state index contributed by atoms with van der Waals surface area (Å²) in [5.41, 5.74) is 3.02. The molecule has 4 heteroatoms. The molecule has 2 aromatic rings. The van der Waals surface area contributed by atoms with Gasteiger partial charge in [-0.05, 0) is 37.8 Å². The van der Waals surface area contributed by atoms with Gasteiger partial charge in [0.05, 0.1) is 0 Å². The van der Waals surface area contributed by atoms with Gasteiger partial charge in [-0.25, -0.2) is 0 Å². The van der Waals surface area contributed by atoms with Crippen LogP contribution in [0.4, 0.5) is 5.69 Å². The topological polar surface area (TPSA) is 35.6 Å². The van der Waals surface area contributed by atoms with Crippen LogP contribution < -0.4 is 5.32 Å². The molecular formula is C23H33N3O. The van der Waals surface area contributed by atoms with E-state index in [0.29, 0.717) is 0 Å². The van der Waals surface area contributed by atoms with Gasteiger partial charge in [0.15, 0.2) is 0 Å². The van der Waals surface area contributed by atoms with Gasteiger partial charge in [0.25, 0.3) is 0 Å². The minimum absolute atomic E-state index is 0.0639. The zero-order valence-corrected chi connectivity index (χ0v) is 17.1. The second kappa shape index (κ2) is 10.9. The fourth-order valence-corrected chi connectivity index (χ4v) is 3.43. The average Bonchev–Trinajstić information content (AvgIpc) is 2.72. The molecule has 0 bridgehead atoms. The Balaban J connectivity index is 2.27. The Labute approximate surface area is 164 Å². The molecule has 0 fully saturated rings. The maximum atomic E-state index is 13.2. The number of carbonyl (C=O) groups excluding carboxylic acids is 1. The number of rotatable bonds is 10. The fraction of sp³-hybridized carbons (Fsp3) is 0.435. The summed E-state index contributed by atoms with van der Waals surface area (Å²) in [6.45, 7) is 12.9. The second-order valence-corrected chi connectivity index (χ2v) is 6.62. The Bertz CT molecular complexity index is 694. The monoisotopic (exact) mass is 367 g/mol. The quantitative estimate of drug-likeness (QED) is 0.678. The maximum absolute atomic E-state index is 13.2. The first-order valence-electron chi connectivity index (χ1n) is 10.1. The number of anilines is 1. The van der Waals surface area contributed by atoms with Crippen molar-refractivity contribution < 1.29 is 4.79 Å². The van der Waals surface area contributed by atoms with Gasteiger partial charge in [-0.15, -0.1) is 0 Å². The van der Waals surface area contributed by atoms with Crippen LogP contribution in [-0.2, 0) is 4.79 Å². The first-order valence-corrected chi connectivity index (χ1v) is 10.1. The van der Waals surface area contributed by atoms with Gasteiger partial charge in [-0.2, -0.15) is 0 Å². The fourth-order valence-electron chi connectivity index (χ4n) is 3.43. The minimum atomic E-state index is -0.163. The number of benzene rings is 2. The molecule has 0 saturated carbocycles. The Morgan fingerprint density at radius 2 is 1.44 bits per heavy atom. The van der Waals surface area contributed by atoms with Crippen LogP contribution in [0.3, 0.4) is 0 Å². The highest BCUT2D eigenvalue weighted by Gasteiger charge is 2.26. The number of nitrogens with one attached hydrogen (secondary N) is 1. The van der Waals surface area contributed by atoms with Crippen molar-refractivity contribution in [1.82, 2.24) is 9.80 Å². The molecule has 0 radical (unpaired) electrons. The van der Waals surface area contributed by atoms with Gasteiger partial charge >= 0.3 is 0 Å². The van der Waals surface area contributed by atoms with Gasteiger partial charge in [0.2, 0.25) is 5.91 Å². The van der Waals surface area contributed by atoms with Crippen LogP contribution in [0.1, 0.15) is 27.7 Å².